The zero-order chi connectivity index (χ0) is 25.5. The summed E-state index contributed by atoms with van der Waals surface area (Å²) in [6, 6.07) is 27.6. The number of carbonyl (C=O) groups is 1. The molecule has 0 bridgehead atoms. The maximum Gasteiger partial charge on any atom is 0.296 e. The molecule has 0 aliphatic carbocycles. The Kier molecular flexibility index (Phi) is 5.57. The van der Waals surface area contributed by atoms with E-state index in [9.17, 15) is 9.59 Å². The molecule has 1 amide bonds. The average Bonchev–Trinajstić information content (AvgIpc) is 3.21. The fraction of sp³-hybridized carbons (Fsp3) is 0.129. The number of carbonyl (C=O) groups excluding carboxylic acids is 1. The van der Waals surface area contributed by atoms with E-state index in [0.717, 1.165) is 22.4 Å². The summed E-state index contributed by atoms with van der Waals surface area (Å²) in [7, 11) is 0. The largest absolute Gasteiger partial charge is 0.489 e. The minimum Gasteiger partial charge on any atom is -0.489 e. The molecule has 0 radical (unpaired) electrons. The van der Waals surface area contributed by atoms with Gasteiger partial charge < -0.3 is 9.15 Å². The lowest BCUT2D eigenvalue weighted by Crippen LogP contribution is -2.30. The predicted molar refractivity (Wildman–Crippen MR) is 142 cm³/mol. The molecule has 6 nitrogen and oxygen atoms in total. The second-order valence-corrected chi connectivity index (χ2v) is 9.24. The van der Waals surface area contributed by atoms with E-state index >= 15 is 0 Å². The van der Waals surface area contributed by atoms with Gasteiger partial charge in [-0.15, -0.1) is 0 Å². The average molecular weight is 489 g/mol. The zero-order valence-corrected chi connectivity index (χ0v) is 20.5. The van der Waals surface area contributed by atoms with Gasteiger partial charge in [0.15, 0.2) is 5.43 Å². The van der Waals surface area contributed by atoms with Crippen LogP contribution in [-0.4, -0.2) is 10.9 Å². The summed E-state index contributed by atoms with van der Waals surface area (Å²) >= 11 is 0. The van der Waals surface area contributed by atoms with E-state index in [1.807, 2.05) is 86.6 Å². The first-order valence-corrected chi connectivity index (χ1v) is 12.1. The zero-order valence-electron chi connectivity index (χ0n) is 20.5. The van der Waals surface area contributed by atoms with Crippen molar-refractivity contribution in [1.29, 1.82) is 0 Å². The Balaban J connectivity index is 1.50. The van der Waals surface area contributed by atoms with Crippen LogP contribution >= 0.6 is 0 Å². The van der Waals surface area contributed by atoms with Gasteiger partial charge in [0.2, 0.25) is 5.76 Å². The Bertz CT molecular complexity index is 1710. The van der Waals surface area contributed by atoms with Crippen molar-refractivity contribution in [2.75, 3.05) is 4.90 Å². The minimum atomic E-state index is -0.710. The van der Waals surface area contributed by atoms with Crippen LogP contribution in [0.2, 0.25) is 0 Å². The number of aryl methyl sites for hydroxylation is 2. The van der Waals surface area contributed by atoms with Gasteiger partial charge in [-0.05, 0) is 61.4 Å². The minimum absolute atomic E-state index is 0.0465. The van der Waals surface area contributed by atoms with E-state index < -0.39 is 11.9 Å². The van der Waals surface area contributed by atoms with Crippen molar-refractivity contribution in [1.82, 2.24) is 4.98 Å². The van der Waals surface area contributed by atoms with Gasteiger partial charge in [0, 0.05) is 5.69 Å². The summed E-state index contributed by atoms with van der Waals surface area (Å²) in [4.78, 5) is 33.8. The molecule has 0 N–H and O–H groups in total. The number of amides is 1. The number of hydrogen-bond acceptors (Lipinski definition) is 5. The first kappa shape index (κ1) is 22.7. The van der Waals surface area contributed by atoms with Crippen LogP contribution in [0.5, 0.6) is 5.75 Å². The molecule has 37 heavy (non-hydrogen) atoms. The molecule has 5 aromatic rings. The van der Waals surface area contributed by atoms with E-state index in [1.54, 1.807) is 23.1 Å². The molecule has 1 unspecified atom stereocenters. The smallest absolute Gasteiger partial charge is 0.296 e. The fourth-order valence-electron chi connectivity index (χ4n) is 4.82. The molecule has 1 aliphatic rings. The molecule has 1 atom stereocenters. The predicted octanol–water partition coefficient (Wildman–Crippen LogP) is 6.13. The highest BCUT2D eigenvalue weighted by atomic mass is 16.5. The second-order valence-electron chi connectivity index (χ2n) is 9.24. The second kappa shape index (κ2) is 9.06. The van der Waals surface area contributed by atoms with Crippen LogP contribution in [0.25, 0.3) is 11.0 Å². The van der Waals surface area contributed by atoms with Gasteiger partial charge in [-0.25, -0.2) is 4.98 Å². The highest BCUT2D eigenvalue weighted by Crippen LogP contribution is 2.41. The summed E-state index contributed by atoms with van der Waals surface area (Å²) < 4.78 is 12.1. The SMILES string of the molecule is Cc1ccc2oc3c(c(=O)c2c1)C(c1cccc(OCc2ccccc2)c1)N(c1cccc(C)n1)C3=O. The molecule has 6 heteroatoms. The molecule has 1 aliphatic heterocycles. The molecule has 0 spiro atoms. The lowest BCUT2D eigenvalue weighted by molar-refractivity contribution is 0.0970. The Hall–Kier alpha value is -4.71. The maximum atomic E-state index is 13.9. The van der Waals surface area contributed by atoms with E-state index in [4.69, 9.17) is 9.15 Å². The summed E-state index contributed by atoms with van der Waals surface area (Å²) in [5, 5.41) is 0.451. The molecule has 2 aromatic heterocycles. The summed E-state index contributed by atoms with van der Waals surface area (Å²) in [5.41, 5.74) is 3.97. The number of benzene rings is 3. The first-order chi connectivity index (χ1) is 18.0. The normalized spacial score (nSPS) is 14.7. The number of ether oxygens (including phenoxy) is 1. The Morgan fingerprint density at radius 1 is 0.892 bits per heavy atom. The van der Waals surface area contributed by atoms with Gasteiger partial charge in [0.05, 0.1) is 17.0 Å². The molecular formula is C31H24N2O4. The number of aromatic nitrogens is 1. The van der Waals surface area contributed by atoms with Crippen molar-refractivity contribution in [2.45, 2.75) is 26.5 Å². The molecule has 0 saturated carbocycles. The quantitative estimate of drug-likeness (QED) is 0.297. The van der Waals surface area contributed by atoms with E-state index in [1.165, 1.54) is 0 Å². The number of nitrogens with zero attached hydrogens (tertiary/aromatic N) is 2. The van der Waals surface area contributed by atoms with Gasteiger partial charge in [0.25, 0.3) is 5.91 Å². The number of rotatable bonds is 5. The Morgan fingerprint density at radius 3 is 2.51 bits per heavy atom. The Labute approximate surface area is 213 Å². The van der Waals surface area contributed by atoms with E-state index in [-0.39, 0.29) is 11.2 Å². The van der Waals surface area contributed by atoms with Gasteiger partial charge in [0.1, 0.15) is 23.8 Å². The third-order valence-electron chi connectivity index (χ3n) is 6.57. The third kappa shape index (κ3) is 4.06. The van der Waals surface area contributed by atoms with Crippen molar-refractivity contribution < 1.29 is 13.9 Å². The molecule has 0 fully saturated rings. The maximum absolute atomic E-state index is 13.9. The molecule has 3 aromatic carbocycles. The van der Waals surface area contributed by atoms with Crippen LogP contribution < -0.4 is 15.1 Å². The van der Waals surface area contributed by atoms with Crippen LogP contribution in [0.15, 0.2) is 100 Å². The van der Waals surface area contributed by atoms with Crippen LogP contribution in [0.1, 0.15) is 44.5 Å². The molecule has 6 rings (SSSR count). The topological polar surface area (TPSA) is 72.6 Å². The summed E-state index contributed by atoms with van der Waals surface area (Å²) in [5.74, 6) is 0.746. The van der Waals surface area contributed by atoms with Crippen LogP contribution in [0.4, 0.5) is 5.82 Å². The molecule has 0 saturated heterocycles. The highest BCUT2D eigenvalue weighted by molar-refractivity contribution is 6.10. The molecular weight excluding hydrogens is 464 g/mol. The van der Waals surface area contributed by atoms with Crippen molar-refractivity contribution in [3.8, 4) is 5.75 Å². The lowest BCUT2D eigenvalue weighted by Gasteiger charge is -2.24. The van der Waals surface area contributed by atoms with Crippen LogP contribution in [0.3, 0.4) is 0 Å². The monoisotopic (exact) mass is 488 g/mol. The molecule has 3 heterocycles. The molecule has 182 valence electrons. The van der Waals surface area contributed by atoms with E-state index in [0.29, 0.717) is 34.7 Å². The third-order valence-corrected chi connectivity index (χ3v) is 6.57. The van der Waals surface area contributed by atoms with Crippen LogP contribution in [-0.2, 0) is 6.61 Å². The standard InChI is InChI=1S/C31H24N2O4/c1-19-14-15-25-24(16-19)29(34)27-28(33(31(35)30(27)37-25)26-13-6-8-20(2)32-26)22-11-7-12-23(17-22)36-18-21-9-4-3-5-10-21/h3-17,28H,18H2,1-2H3. The number of hydrogen-bond donors (Lipinski definition) is 0. The van der Waals surface area contributed by atoms with Gasteiger partial charge in [-0.2, -0.15) is 0 Å². The lowest BCUT2D eigenvalue weighted by atomic mass is 9.98. The van der Waals surface area contributed by atoms with Gasteiger partial charge >= 0.3 is 0 Å². The fourth-order valence-corrected chi connectivity index (χ4v) is 4.82. The van der Waals surface area contributed by atoms with Crippen molar-refractivity contribution in [2.24, 2.45) is 0 Å². The van der Waals surface area contributed by atoms with E-state index in [2.05, 4.69) is 4.98 Å². The Morgan fingerprint density at radius 2 is 1.70 bits per heavy atom. The number of fused-ring (bicyclic) bond motifs is 2. The first-order valence-electron chi connectivity index (χ1n) is 12.1. The number of anilines is 1. The summed E-state index contributed by atoms with van der Waals surface area (Å²) in [6.45, 7) is 4.19. The van der Waals surface area contributed by atoms with Crippen molar-refractivity contribution >= 4 is 22.7 Å². The van der Waals surface area contributed by atoms with Crippen molar-refractivity contribution in [3.05, 3.63) is 135 Å². The highest BCUT2D eigenvalue weighted by Gasteiger charge is 2.44. The number of pyridine rings is 1. The van der Waals surface area contributed by atoms with Crippen LogP contribution in [0, 0.1) is 13.8 Å². The van der Waals surface area contributed by atoms with Crippen molar-refractivity contribution in [3.63, 3.8) is 0 Å². The summed E-state index contributed by atoms with van der Waals surface area (Å²) in [6.07, 6.45) is 0. The van der Waals surface area contributed by atoms with Gasteiger partial charge in [-0.1, -0.05) is 60.2 Å². The van der Waals surface area contributed by atoms with Gasteiger partial charge in [-0.3, -0.25) is 14.5 Å².